The van der Waals surface area contributed by atoms with Crippen LogP contribution >= 0.6 is 22.9 Å². The molecule has 2 aromatic heterocycles. The van der Waals surface area contributed by atoms with E-state index < -0.39 is 0 Å². The van der Waals surface area contributed by atoms with Gasteiger partial charge in [0, 0.05) is 36.4 Å². The minimum atomic E-state index is 0.140. The van der Waals surface area contributed by atoms with Crippen molar-refractivity contribution in [1.29, 1.82) is 0 Å². The van der Waals surface area contributed by atoms with Gasteiger partial charge in [-0.15, -0.1) is 11.3 Å². The van der Waals surface area contributed by atoms with E-state index in [1.54, 1.807) is 11.3 Å². The molecule has 2 N–H and O–H groups in total. The van der Waals surface area contributed by atoms with Crippen LogP contribution in [0.15, 0.2) is 42.7 Å². The maximum atomic E-state index is 12.6. The molecular weight excluding hydrogens is 394 g/mol. The number of carbonyl (C=O) groups is 1. The summed E-state index contributed by atoms with van der Waals surface area (Å²) >= 11 is 7.49. The van der Waals surface area contributed by atoms with Gasteiger partial charge in [-0.1, -0.05) is 23.7 Å². The fourth-order valence-corrected chi connectivity index (χ4v) is 4.25. The minimum Gasteiger partial charge on any atom is -0.383 e. The average Bonchev–Trinajstić information content (AvgIpc) is 3.09. The highest BCUT2D eigenvalue weighted by Gasteiger charge is 2.23. The molecule has 3 heterocycles. The predicted octanol–water partition coefficient (Wildman–Crippen LogP) is 3.28. The zero-order valence-electron chi connectivity index (χ0n) is 15.2. The summed E-state index contributed by atoms with van der Waals surface area (Å²) in [6, 6.07) is 9.76. The molecule has 0 atom stereocenters. The van der Waals surface area contributed by atoms with Gasteiger partial charge in [-0.05, 0) is 35.9 Å². The van der Waals surface area contributed by atoms with Crippen LogP contribution in [0.2, 0.25) is 4.34 Å². The number of nitrogens with zero attached hydrogens (tertiary/aromatic N) is 4. The molecule has 6 nitrogen and oxygen atoms in total. The van der Waals surface area contributed by atoms with Crippen molar-refractivity contribution < 1.29 is 4.79 Å². The Balaban J connectivity index is 1.34. The Morgan fingerprint density at radius 2 is 2.11 bits per heavy atom. The number of thiophene rings is 1. The predicted molar refractivity (Wildman–Crippen MR) is 114 cm³/mol. The zero-order chi connectivity index (χ0) is 19.5. The highest BCUT2D eigenvalue weighted by molar-refractivity contribution is 7.16. The van der Waals surface area contributed by atoms with E-state index in [1.165, 1.54) is 6.33 Å². The van der Waals surface area contributed by atoms with Gasteiger partial charge >= 0.3 is 0 Å². The van der Waals surface area contributed by atoms with Crippen LogP contribution in [0.4, 0.5) is 5.82 Å². The van der Waals surface area contributed by atoms with Crippen LogP contribution in [0.1, 0.15) is 10.4 Å². The number of carbonyl (C=O) groups excluding carboxylic acids is 1. The quantitative estimate of drug-likeness (QED) is 0.694. The van der Waals surface area contributed by atoms with E-state index in [2.05, 4.69) is 27.0 Å². The van der Waals surface area contributed by atoms with Crippen molar-refractivity contribution in [2.45, 2.75) is 6.54 Å². The molecular formula is C20H20ClN5OS. The van der Waals surface area contributed by atoms with E-state index in [-0.39, 0.29) is 5.91 Å². The number of benzene rings is 1. The van der Waals surface area contributed by atoms with Gasteiger partial charge < -0.3 is 10.6 Å². The molecule has 0 saturated carbocycles. The lowest BCUT2D eigenvalue weighted by molar-refractivity contribution is -0.136. The zero-order valence-corrected chi connectivity index (χ0v) is 16.8. The molecule has 4 rings (SSSR count). The number of fused-ring (bicyclic) bond motifs is 1. The largest absolute Gasteiger partial charge is 0.383 e. The summed E-state index contributed by atoms with van der Waals surface area (Å²) in [7, 11) is 0. The van der Waals surface area contributed by atoms with Gasteiger partial charge in [-0.2, -0.15) is 0 Å². The Kier molecular flexibility index (Phi) is 5.57. The lowest BCUT2D eigenvalue weighted by Crippen LogP contribution is -2.49. The monoisotopic (exact) mass is 413 g/mol. The van der Waals surface area contributed by atoms with Crippen molar-refractivity contribution in [1.82, 2.24) is 19.8 Å². The molecule has 0 spiro atoms. The molecule has 0 aliphatic carbocycles. The smallest absolute Gasteiger partial charge is 0.237 e. The van der Waals surface area contributed by atoms with E-state index in [9.17, 15) is 4.79 Å². The Hall–Kier alpha value is -2.48. The van der Waals surface area contributed by atoms with Crippen molar-refractivity contribution in [3.63, 3.8) is 0 Å². The van der Waals surface area contributed by atoms with Crippen LogP contribution in [0.3, 0.4) is 0 Å². The van der Waals surface area contributed by atoms with Crippen molar-refractivity contribution >= 4 is 51.6 Å². The van der Waals surface area contributed by atoms with E-state index in [1.807, 2.05) is 35.2 Å². The Morgan fingerprint density at radius 1 is 1.21 bits per heavy atom. The number of nitrogen functional groups attached to an aromatic ring is 1. The standard InChI is InChI=1S/C20H20ClN5OS/c21-18-6-4-15(28-18)2-1-7-25-8-9-26(19(27)12-25)11-14-3-5-16-17(10-14)23-13-24-20(16)22/h1-6,10,13H,7-9,11-12H2,(H2,22,23,24)/b2-1+. The lowest BCUT2D eigenvalue weighted by Gasteiger charge is -2.33. The van der Waals surface area contributed by atoms with Gasteiger partial charge in [-0.25, -0.2) is 9.97 Å². The van der Waals surface area contributed by atoms with Crippen molar-refractivity contribution in [2.24, 2.45) is 0 Å². The second kappa shape index (κ2) is 8.26. The Bertz CT molecular complexity index is 1030. The summed E-state index contributed by atoms with van der Waals surface area (Å²) in [5.41, 5.74) is 7.72. The van der Waals surface area contributed by atoms with E-state index in [0.29, 0.717) is 25.5 Å². The number of hydrogen-bond acceptors (Lipinski definition) is 6. The van der Waals surface area contributed by atoms with E-state index in [4.69, 9.17) is 17.3 Å². The van der Waals surface area contributed by atoms with E-state index in [0.717, 1.165) is 38.8 Å². The van der Waals surface area contributed by atoms with E-state index >= 15 is 0 Å². The number of aromatic nitrogens is 2. The highest BCUT2D eigenvalue weighted by Crippen LogP contribution is 2.22. The number of hydrogen-bond donors (Lipinski definition) is 1. The first-order chi connectivity index (χ1) is 13.6. The molecule has 1 fully saturated rings. The Morgan fingerprint density at radius 3 is 2.89 bits per heavy atom. The van der Waals surface area contributed by atoms with Gasteiger partial charge in [0.1, 0.15) is 12.1 Å². The number of rotatable bonds is 5. The number of amides is 1. The second-order valence-electron chi connectivity index (χ2n) is 6.71. The first kappa shape index (κ1) is 18.9. The van der Waals surface area contributed by atoms with Crippen LogP contribution in [0, 0.1) is 0 Å². The third-order valence-electron chi connectivity index (χ3n) is 4.74. The average molecular weight is 414 g/mol. The topological polar surface area (TPSA) is 75.3 Å². The molecule has 28 heavy (non-hydrogen) atoms. The minimum absolute atomic E-state index is 0.140. The highest BCUT2D eigenvalue weighted by atomic mass is 35.5. The third-order valence-corrected chi connectivity index (χ3v) is 5.94. The molecule has 3 aromatic rings. The maximum Gasteiger partial charge on any atom is 0.237 e. The van der Waals surface area contributed by atoms with Gasteiger partial charge in [0.2, 0.25) is 5.91 Å². The summed E-state index contributed by atoms with van der Waals surface area (Å²) in [6.07, 6.45) is 5.59. The summed E-state index contributed by atoms with van der Waals surface area (Å²) in [6.45, 7) is 3.32. The maximum absolute atomic E-state index is 12.6. The molecule has 0 radical (unpaired) electrons. The fraction of sp³-hybridized carbons (Fsp3) is 0.250. The first-order valence-corrected chi connectivity index (χ1v) is 10.2. The molecule has 1 amide bonds. The van der Waals surface area contributed by atoms with Crippen LogP contribution in [-0.4, -0.2) is 51.9 Å². The molecule has 1 aromatic carbocycles. The molecule has 1 saturated heterocycles. The van der Waals surface area contributed by atoms with Gasteiger partial charge in [0.05, 0.1) is 16.4 Å². The molecule has 144 valence electrons. The molecule has 0 unspecified atom stereocenters. The summed E-state index contributed by atoms with van der Waals surface area (Å²) in [4.78, 5) is 26.0. The number of nitrogens with two attached hydrogens (primary N) is 1. The van der Waals surface area contributed by atoms with Crippen LogP contribution < -0.4 is 5.73 Å². The van der Waals surface area contributed by atoms with Gasteiger partial charge in [0.25, 0.3) is 0 Å². The number of anilines is 1. The first-order valence-electron chi connectivity index (χ1n) is 8.99. The molecule has 1 aliphatic rings. The number of halogens is 1. The van der Waals surface area contributed by atoms with Crippen molar-refractivity contribution in [3.05, 3.63) is 57.5 Å². The normalized spacial score (nSPS) is 15.8. The van der Waals surface area contributed by atoms with Crippen LogP contribution in [-0.2, 0) is 11.3 Å². The summed E-state index contributed by atoms with van der Waals surface area (Å²) < 4.78 is 0.784. The van der Waals surface area contributed by atoms with Crippen molar-refractivity contribution in [2.75, 3.05) is 31.9 Å². The third kappa shape index (κ3) is 4.32. The second-order valence-corrected chi connectivity index (χ2v) is 8.45. The fourth-order valence-electron chi connectivity index (χ4n) is 3.26. The van der Waals surface area contributed by atoms with Crippen LogP contribution in [0.25, 0.3) is 17.0 Å². The SMILES string of the molecule is Nc1ncnc2cc(CN3CCN(C/C=C/c4ccc(Cl)s4)CC3=O)ccc12. The number of piperazine rings is 1. The summed E-state index contributed by atoms with van der Waals surface area (Å²) in [5.74, 6) is 0.611. The summed E-state index contributed by atoms with van der Waals surface area (Å²) in [5, 5.41) is 0.834. The molecule has 8 heteroatoms. The lowest BCUT2D eigenvalue weighted by atomic mass is 10.1. The molecule has 1 aliphatic heterocycles. The van der Waals surface area contributed by atoms with Gasteiger partial charge in [-0.3, -0.25) is 9.69 Å². The van der Waals surface area contributed by atoms with Gasteiger partial charge in [0.15, 0.2) is 0 Å². The van der Waals surface area contributed by atoms with Crippen LogP contribution in [0.5, 0.6) is 0 Å². The van der Waals surface area contributed by atoms with Crippen molar-refractivity contribution in [3.8, 4) is 0 Å². The molecule has 0 bridgehead atoms. The Labute approximate surface area is 172 Å².